The van der Waals surface area contributed by atoms with Crippen molar-refractivity contribution in [3.05, 3.63) is 47.5 Å². The minimum absolute atomic E-state index is 0.122. The predicted molar refractivity (Wildman–Crippen MR) is 85.8 cm³/mol. The van der Waals surface area contributed by atoms with Gasteiger partial charge in [0.2, 0.25) is 23.1 Å². The van der Waals surface area contributed by atoms with Gasteiger partial charge in [-0.2, -0.15) is 17.2 Å². The van der Waals surface area contributed by atoms with Crippen LogP contribution in [-0.4, -0.2) is 27.2 Å². The fourth-order valence-electron chi connectivity index (χ4n) is 2.13. The van der Waals surface area contributed by atoms with Gasteiger partial charge in [-0.1, -0.05) is 12.7 Å². The first-order chi connectivity index (χ1) is 12.6. The average molecular weight is 408 g/mol. The van der Waals surface area contributed by atoms with Crippen LogP contribution in [0, 0.1) is 23.3 Å². The highest BCUT2D eigenvalue weighted by molar-refractivity contribution is 7.85. The number of rotatable bonds is 6. The van der Waals surface area contributed by atoms with Crippen molar-refractivity contribution in [2.75, 3.05) is 14.2 Å². The molecule has 6 nitrogen and oxygen atoms in total. The first-order valence-electron chi connectivity index (χ1n) is 6.96. The maximum absolute atomic E-state index is 14.2. The summed E-state index contributed by atoms with van der Waals surface area (Å²) in [5, 5.41) is 0. The molecular weight excluding hydrogens is 396 g/mol. The summed E-state index contributed by atoms with van der Waals surface area (Å²) in [6.07, 6.45) is 1.40. The molecular formula is C16H12F4O6S. The summed E-state index contributed by atoms with van der Waals surface area (Å²) in [7, 11) is -3.21. The molecule has 0 aliphatic heterocycles. The van der Waals surface area contributed by atoms with Crippen LogP contribution < -0.4 is 14.2 Å². The molecule has 0 spiro atoms. The van der Waals surface area contributed by atoms with Gasteiger partial charge in [0.05, 0.1) is 14.2 Å². The number of benzene rings is 2. The van der Waals surface area contributed by atoms with Gasteiger partial charge in [0, 0.05) is 0 Å². The van der Waals surface area contributed by atoms with E-state index in [2.05, 4.69) is 6.58 Å². The standard InChI is InChI=1S/C16H12F4O6S/c1-4-7-5-8(24-2)14(9(6-7)25-3)26-15-10(17)12(19)16(27(21,22)23)13(20)11(15)18/h4-6H,1H2,2-3H3,(H,21,22,23). The number of hydrogen-bond acceptors (Lipinski definition) is 5. The Morgan fingerprint density at radius 2 is 1.37 bits per heavy atom. The Morgan fingerprint density at radius 3 is 1.70 bits per heavy atom. The van der Waals surface area contributed by atoms with Crippen LogP contribution in [0.5, 0.6) is 23.0 Å². The first-order valence-corrected chi connectivity index (χ1v) is 8.40. The average Bonchev–Trinajstić information content (AvgIpc) is 2.62. The Labute approximate surface area is 151 Å². The van der Waals surface area contributed by atoms with Crippen LogP contribution >= 0.6 is 0 Å². The lowest BCUT2D eigenvalue weighted by molar-refractivity contribution is 0.313. The summed E-state index contributed by atoms with van der Waals surface area (Å²) < 4.78 is 102. The highest BCUT2D eigenvalue weighted by atomic mass is 32.2. The molecule has 0 fully saturated rings. The van der Waals surface area contributed by atoms with E-state index in [1.54, 1.807) is 0 Å². The third-order valence-electron chi connectivity index (χ3n) is 3.36. The molecule has 1 N–H and O–H groups in total. The lowest BCUT2D eigenvalue weighted by Gasteiger charge is -2.16. The van der Waals surface area contributed by atoms with Crippen molar-refractivity contribution in [1.29, 1.82) is 0 Å². The monoisotopic (exact) mass is 408 g/mol. The van der Waals surface area contributed by atoms with E-state index in [1.165, 1.54) is 32.4 Å². The molecule has 0 bridgehead atoms. The van der Waals surface area contributed by atoms with Gasteiger partial charge in [-0.25, -0.2) is 8.78 Å². The summed E-state index contributed by atoms with van der Waals surface area (Å²) in [6.45, 7) is 3.53. The second-order valence-corrected chi connectivity index (χ2v) is 6.31. The van der Waals surface area contributed by atoms with Crippen LogP contribution in [0.15, 0.2) is 23.6 Å². The van der Waals surface area contributed by atoms with Crippen molar-refractivity contribution in [1.82, 2.24) is 0 Å². The van der Waals surface area contributed by atoms with E-state index >= 15 is 0 Å². The molecule has 0 unspecified atom stereocenters. The zero-order valence-corrected chi connectivity index (χ0v) is 14.7. The Bertz CT molecular complexity index is 966. The van der Waals surface area contributed by atoms with E-state index in [-0.39, 0.29) is 11.5 Å². The van der Waals surface area contributed by atoms with E-state index in [0.717, 1.165) is 0 Å². The van der Waals surface area contributed by atoms with Crippen LogP contribution in [0.3, 0.4) is 0 Å². The summed E-state index contributed by atoms with van der Waals surface area (Å²) in [4.78, 5) is -2.18. The van der Waals surface area contributed by atoms with Crippen LogP contribution in [0.4, 0.5) is 17.6 Å². The number of hydrogen-bond donors (Lipinski definition) is 1. The third-order valence-corrected chi connectivity index (χ3v) is 4.24. The number of methoxy groups -OCH3 is 2. The summed E-state index contributed by atoms with van der Waals surface area (Å²) in [5.41, 5.74) is 0.469. The largest absolute Gasteiger partial charge is 0.493 e. The van der Waals surface area contributed by atoms with Gasteiger partial charge in [0.1, 0.15) is 0 Å². The molecule has 0 saturated carbocycles. The maximum Gasteiger partial charge on any atom is 0.300 e. The fourth-order valence-corrected chi connectivity index (χ4v) is 2.76. The fraction of sp³-hybridized carbons (Fsp3) is 0.125. The highest BCUT2D eigenvalue weighted by Crippen LogP contribution is 2.44. The van der Waals surface area contributed by atoms with E-state index in [9.17, 15) is 26.0 Å². The molecule has 0 amide bonds. The molecule has 2 rings (SSSR count). The second-order valence-electron chi connectivity index (χ2n) is 4.95. The summed E-state index contributed by atoms with van der Waals surface area (Å²) >= 11 is 0. The minimum Gasteiger partial charge on any atom is -0.493 e. The van der Waals surface area contributed by atoms with Crippen molar-refractivity contribution in [3.8, 4) is 23.0 Å². The quantitative estimate of drug-likeness (QED) is 0.443. The Hall–Kier alpha value is -2.79. The van der Waals surface area contributed by atoms with E-state index in [0.29, 0.717) is 5.56 Å². The zero-order valence-electron chi connectivity index (χ0n) is 13.8. The highest BCUT2D eigenvalue weighted by Gasteiger charge is 2.34. The summed E-state index contributed by atoms with van der Waals surface area (Å²) in [6, 6.07) is 2.67. The van der Waals surface area contributed by atoms with E-state index < -0.39 is 49.8 Å². The number of ether oxygens (including phenoxy) is 3. The SMILES string of the molecule is C=Cc1cc(OC)c(Oc2c(F)c(F)c(S(=O)(=O)O)c(F)c2F)c(OC)c1. The lowest BCUT2D eigenvalue weighted by atomic mass is 10.2. The second kappa shape index (κ2) is 7.45. The Balaban J connectivity index is 2.75. The molecule has 11 heteroatoms. The topological polar surface area (TPSA) is 82.1 Å². The van der Waals surface area contributed by atoms with Gasteiger partial charge in [0.25, 0.3) is 0 Å². The molecule has 0 aliphatic rings. The van der Waals surface area contributed by atoms with Gasteiger partial charge >= 0.3 is 10.1 Å². The van der Waals surface area contributed by atoms with Gasteiger partial charge in [-0.3, -0.25) is 4.55 Å². The van der Waals surface area contributed by atoms with E-state index in [4.69, 9.17) is 18.8 Å². The predicted octanol–water partition coefficient (Wildman–Crippen LogP) is 3.94. The molecule has 0 radical (unpaired) electrons. The van der Waals surface area contributed by atoms with Crippen molar-refractivity contribution < 1.29 is 44.7 Å². The van der Waals surface area contributed by atoms with Crippen molar-refractivity contribution in [2.45, 2.75) is 4.90 Å². The van der Waals surface area contributed by atoms with Crippen LogP contribution in [0.2, 0.25) is 0 Å². The van der Waals surface area contributed by atoms with Gasteiger partial charge in [0.15, 0.2) is 28.0 Å². The molecule has 0 heterocycles. The Kier molecular flexibility index (Phi) is 5.66. The molecule has 0 aromatic heterocycles. The lowest BCUT2D eigenvalue weighted by Crippen LogP contribution is -2.11. The van der Waals surface area contributed by atoms with E-state index in [1.807, 2.05) is 0 Å². The molecule has 2 aromatic rings. The number of halogens is 4. The maximum atomic E-state index is 14.2. The first kappa shape index (κ1) is 20.5. The Morgan fingerprint density at radius 1 is 0.926 bits per heavy atom. The molecule has 27 heavy (non-hydrogen) atoms. The van der Waals surface area contributed by atoms with Crippen molar-refractivity contribution in [3.63, 3.8) is 0 Å². The smallest absolute Gasteiger partial charge is 0.300 e. The third kappa shape index (κ3) is 3.69. The van der Waals surface area contributed by atoms with Crippen LogP contribution in [-0.2, 0) is 10.1 Å². The molecule has 0 saturated heterocycles. The van der Waals surface area contributed by atoms with Gasteiger partial charge in [-0.05, 0) is 17.7 Å². The summed E-state index contributed by atoms with van der Waals surface area (Å²) in [5.74, 6) is -11.4. The molecule has 146 valence electrons. The van der Waals surface area contributed by atoms with Crippen LogP contribution in [0.25, 0.3) is 6.08 Å². The molecule has 0 aliphatic carbocycles. The van der Waals surface area contributed by atoms with Gasteiger partial charge < -0.3 is 14.2 Å². The minimum atomic E-state index is -5.58. The molecule has 0 atom stereocenters. The van der Waals surface area contributed by atoms with Crippen LogP contribution in [0.1, 0.15) is 5.56 Å². The van der Waals surface area contributed by atoms with Crippen molar-refractivity contribution in [2.24, 2.45) is 0 Å². The van der Waals surface area contributed by atoms with Crippen molar-refractivity contribution >= 4 is 16.2 Å². The normalized spacial score (nSPS) is 11.2. The molecule has 2 aromatic carbocycles. The zero-order chi connectivity index (χ0) is 20.5. The van der Waals surface area contributed by atoms with Gasteiger partial charge in [-0.15, -0.1) is 0 Å².